The Kier molecular flexibility index (Phi) is 4.08. The van der Waals surface area contributed by atoms with Gasteiger partial charge in [-0.05, 0) is 50.0 Å². The second kappa shape index (κ2) is 7.00. The van der Waals surface area contributed by atoms with Gasteiger partial charge in [-0.2, -0.15) is 9.97 Å². The largest absolute Gasteiger partial charge is 0.475 e. The maximum Gasteiger partial charge on any atom is 0.407 e. The lowest BCUT2D eigenvalue weighted by Gasteiger charge is -2.45. The molecule has 8 rings (SSSR count). The van der Waals surface area contributed by atoms with Crippen molar-refractivity contribution in [3.05, 3.63) is 24.4 Å². The number of aromatic nitrogens is 3. The fourth-order valence-electron chi connectivity index (χ4n) is 7.87. The third kappa shape index (κ3) is 2.87. The number of piperazine rings is 1. The van der Waals surface area contributed by atoms with Crippen LogP contribution >= 0.6 is 0 Å². The Labute approximate surface area is 208 Å². The SMILES string of the molecule is C=C1CN2CC3(CC3)CC2(COc2nc3c4c(nccc4n2)OCC2C4CCC(CN32)N4C(=O)O)C1. The van der Waals surface area contributed by atoms with Crippen LogP contribution in [-0.4, -0.2) is 92.5 Å². The highest BCUT2D eigenvalue weighted by molar-refractivity contribution is 5.94. The van der Waals surface area contributed by atoms with Crippen LogP contribution in [0.25, 0.3) is 10.9 Å². The van der Waals surface area contributed by atoms with Gasteiger partial charge in [0.2, 0.25) is 5.88 Å². The van der Waals surface area contributed by atoms with Crippen molar-refractivity contribution < 1.29 is 19.4 Å². The third-order valence-electron chi connectivity index (χ3n) is 9.54. The molecular formula is C26H30N6O4. The molecule has 1 aliphatic carbocycles. The summed E-state index contributed by atoms with van der Waals surface area (Å²) in [4.78, 5) is 32.6. The number of amides is 1. The quantitative estimate of drug-likeness (QED) is 0.650. The number of carbonyl (C=O) groups is 1. The number of carboxylic acid groups (broad SMARTS) is 1. The van der Waals surface area contributed by atoms with Crippen LogP contribution in [0.3, 0.4) is 0 Å². The lowest BCUT2D eigenvalue weighted by molar-refractivity contribution is 0.0906. The van der Waals surface area contributed by atoms with Crippen molar-refractivity contribution in [3.63, 3.8) is 0 Å². The van der Waals surface area contributed by atoms with Crippen LogP contribution in [0, 0.1) is 5.41 Å². The molecule has 6 aliphatic rings. The molecular weight excluding hydrogens is 460 g/mol. The van der Waals surface area contributed by atoms with Gasteiger partial charge in [-0.25, -0.2) is 9.78 Å². The molecule has 1 saturated carbocycles. The first-order valence-electron chi connectivity index (χ1n) is 13.1. The number of rotatable bonds is 3. The Morgan fingerprint density at radius 1 is 1.28 bits per heavy atom. The molecule has 10 heteroatoms. The van der Waals surface area contributed by atoms with E-state index in [0.717, 1.165) is 55.5 Å². The highest BCUT2D eigenvalue weighted by atomic mass is 16.5. The number of ether oxygens (including phenoxy) is 2. The van der Waals surface area contributed by atoms with Crippen LogP contribution < -0.4 is 14.4 Å². The first-order valence-corrected chi connectivity index (χ1v) is 13.1. The van der Waals surface area contributed by atoms with E-state index in [1.54, 1.807) is 11.1 Å². The first-order chi connectivity index (χ1) is 17.4. The molecule has 1 spiro atoms. The van der Waals surface area contributed by atoms with Crippen molar-refractivity contribution in [3.8, 4) is 11.9 Å². The molecule has 2 aromatic rings. The van der Waals surface area contributed by atoms with Crippen molar-refractivity contribution in [1.29, 1.82) is 0 Å². The highest BCUT2D eigenvalue weighted by Crippen LogP contribution is 2.61. The van der Waals surface area contributed by atoms with Crippen molar-refractivity contribution in [2.75, 3.05) is 37.7 Å². The van der Waals surface area contributed by atoms with Gasteiger partial charge in [0.25, 0.3) is 0 Å². The summed E-state index contributed by atoms with van der Waals surface area (Å²) in [6.07, 6.45) is 7.28. The van der Waals surface area contributed by atoms with Gasteiger partial charge >= 0.3 is 12.1 Å². The Bertz CT molecular complexity index is 1310. The predicted molar refractivity (Wildman–Crippen MR) is 130 cm³/mol. The molecule has 4 saturated heterocycles. The minimum atomic E-state index is -0.856. The van der Waals surface area contributed by atoms with Gasteiger partial charge < -0.3 is 19.5 Å². The second-order valence-electron chi connectivity index (χ2n) is 11.8. The molecule has 0 aromatic carbocycles. The average Bonchev–Trinajstić information content (AvgIpc) is 3.35. The summed E-state index contributed by atoms with van der Waals surface area (Å²) in [7, 11) is 0. The molecule has 4 unspecified atom stereocenters. The Balaban J connectivity index is 1.16. The zero-order valence-electron chi connectivity index (χ0n) is 20.2. The summed E-state index contributed by atoms with van der Waals surface area (Å²) < 4.78 is 12.6. The van der Waals surface area contributed by atoms with Gasteiger partial charge in [-0.1, -0.05) is 12.2 Å². The van der Waals surface area contributed by atoms with Crippen LogP contribution in [0.4, 0.5) is 10.6 Å². The summed E-state index contributed by atoms with van der Waals surface area (Å²) in [6, 6.07) is 1.93. The fourth-order valence-corrected chi connectivity index (χ4v) is 7.87. The molecule has 0 radical (unpaired) electrons. The monoisotopic (exact) mass is 490 g/mol. The van der Waals surface area contributed by atoms with E-state index in [4.69, 9.17) is 19.4 Å². The third-order valence-corrected chi connectivity index (χ3v) is 9.54. The van der Waals surface area contributed by atoms with Gasteiger partial charge in [0, 0.05) is 25.8 Å². The molecule has 188 valence electrons. The minimum absolute atomic E-state index is 0.0126. The smallest absolute Gasteiger partial charge is 0.407 e. The fraction of sp³-hybridized carbons (Fsp3) is 0.615. The van der Waals surface area contributed by atoms with E-state index >= 15 is 0 Å². The zero-order valence-corrected chi connectivity index (χ0v) is 20.2. The van der Waals surface area contributed by atoms with Gasteiger partial charge in [-0.3, -0.25) is 9.80 Å². The molecule has 10 nitrogen and oxygen atoms in total. The van der Waals surface area contributed by atoms with E-state index in [9.17, 15) is 9.90 Å². The van der Waals surface area contributed by atoms with Crippen LogP contribution in [0.15, 0.2) is 24.4 Å². The minimum Gasteiger partial charge on any atom is -0.475 e. The van der Waals surface area contributed by atoms with Gasteiger partial charge in [-0.15, -0.1) is 0 Å². The standard InChI is InChI=1S/C26H30N6O4/c1-15-8-26(12-25(5-6-25)13-30(26)9-15)14-36-23-28-17-4-7-27-22-20(17)21(29-23)31-10-16-2-3-18(19(31)11-35-22)32(16)24(33)34/h4,7,16,18-19H,1-3,5-6,8-14H2,(H,33,34). The molecule has 5 aliphatic heterocycles. The maximum absolute atomic E-state index is 12.0. The van der Waals surface area contributed by atoms with Gasteiger partial charge in [0.1, 0.15) is 24.4 Å². The number of nitrogens with zero attached hydrogens (tertiary/aromatic N) is 6. The number of fused-ring (bicyclic) bond motifs is 6. The summed E-state index contributed by atoms with van der Waals surface area (Å²) in [5.41, 5.74) is 2.49. The molecule has 36 heavy (non-hydrogen) atoms. The molecule has 2 bridgehead atoms. The van der Waals surface area contributed by atoms with Crippen molar-refractivity contribution in [1.82, 2.24) is 24.8 Å². The second-order valence-corrected chi connectivity index (χ2v) is 11.8. The van der Waals surface area contributed by atoms with E-state index in [-0.39, 0.29) is 23.7 Å². The zero-order chi connectivity index (χ0) is 24.2. The Morgan fingerprint density at radius 3 is 3.00 bits per heavy atom. The van der Waals surface area contributed by atoms with Crippen LogP contribution in [0.5, 0.6) is 11.9 Å². The summed E-state index contributed by atoms with van der Waals surface area (Å²) >= 11 is 0. The number of hydrogen-bond donors (Lipinski definition) is 1. The average molecular weight is 491 g/mol. The van der Waals surface area contributed by atoms with E-state index in [0.29, 0.717) is 37.1 Å². The van der Waals surface area contributed by atoms with Crippen molar-refractivity contribution in [2.45, 2.75) is 62.2 Å². The lowest BCUT2D eigenvalue weighted by atomic mass is 9.88. The molecule has 1 amide bonds. The normalized spacial score (nSPS) is 33.4. The Hall–Kier alpha value is -3.14. The van der Waals surface area contributed by atoms with Crippen molar-refractivity contribution in [2.24, 2.45) is 5.41 Å². The van der Waals surface area contributed by atoms with E-state index in [1.807, 2.05) is 6.07 Å². The van der Waals surface area contributed by atoms with Gasteiger partial charge in [0.05, 0.1) is 29.2 Å². The number of hydrogen-bond acceptors (Lipinski definition) is 8. The van der Waals surface area contributed by atoms with Crippen LogP contribution in [0.1, 0.15) is 38.5 Å². The summed E-state index contributed by atoms with van der Waals surface area (Å²) in [5.74, 6) is 1.25. The number of pyridine rings is 1. The van der Waals surface area contributed by atoms with Gasteiger partial charge in [0.15, 0.2) is 0 Å². The molecule has 1 N–H and O–H groups in total. The van der Waals surface area contributed by atoms with E-state index < -0.39 is 6.09 Å². The molecule has 5 fully saturated rings. The molecule has 7 heterocycles. The summed E-state index contributed by atoms with van der Waals surface area (Å²) in [6.45, 7) is 7.88. The van der Waals surface area contributed by atoms with Crippen LogP contribution in [0.2, 0.25) is 0 Å². The van der Waals surface area contributed by atoms with Crippen LogP contribution in [-0.2, 0) is 0 Å². The molecule has 2 aromatic heterocycles. The summed E-state index contributed by atoms with van der Waals surface area (Å²) in [5, 5.41) is 10.6. The van der Waals surface area contributed by atoms with E-state index in [1.165, 1.54) is 18.4 Å². The predicted octanol–water partition coefficient (Wildman–Crippen LogP) is 2.68. The van der Waals surface area contributed by atoms with E-state index in [2.05, 4.69) is 21.4 Å². The molecule has 4 atom stereocenters. The topological polar surface area (TPSA) is 104 Å². The maximum atomic E-state index is 12.0. The first kappa shape index (κ1) is 21.0. The number of anilines is 1. The highest BCUT2D eigenvalue weighted by Gasteiger charge is 2.61. The lowest BCUT2D eigenvalue weighted by Crippen LogP contribution is -2.62. The Morgan fingerprint density at radius 2 is 2.17 bits per heavy atom. The van der Waals surface area contributed by atoms with Crippen molar-refractivity contribution >= 4 is 22.8 Å².